The Kier molecular flexibility index (Phi) is 6.31. The van der Waals surface area contributed by atoms with Crippen LogP contribution in [0.25, 0.3) is 21.1 Å². The molecule has 0 aliphatic rings. The zero-order valence-electron chi connectivity index (χ0n) is 17.3. The van der Waals surface area contributed by atoms with E-state index in [0.717, 1.165) is 26.1 Å². The zero-order valence-corrected chi connectivity index (χ0v) is 19.8. The Balaban J connectivity index is 1.58. The van der Waals surface area contributed by atoms with Gasteiger partial charge in [-0.1, -0.05) is 25.1 Å². The number of aromatic nitrogens is 1. The molecule has 0 amide bonds. The third-order valence-electron chi connectivity index (χ3n) is 4.87. The van der Waals surface area contributed by atoms with Crippen LogP contribution in [0.4, 0.5) is 16.4 Å². The van der Waals surface area contributed by atoms with E-state index < -0.39 is 9.84 Å². The summed E-state index contributed by atoms with van der Waals surface area (Å²) in [6.07, 6.45) is 0. The van der Waals surface area contributed by atoms with Gasteiger partial charge in [-0.3, -0.25) is 10.4 Å². The van der Waals surface area contributed by atoms with Gasteiger partial charge in [0.1, 0.15) is 10.7 Å². The molecule has 0 bridgehead atoms. The number of aryl methyl sites for hydroxylation is 1. The fourth-order valence-corrected chi connectivity index (χ4v) is 6.13. The smallest absolute Gasteiger partial charge is 0.178 e. The molecule has 0 aliphatic carbocycles. The molecule has 0 atom stereocenters. The summed E-state index contributed by atoms with van der Waals surface area (Å²) < 4.78 is 24.0. The van der Waals surface area contributed by atoms with Crippen LogP contribution < -0.4 is 10.5 Å². The highest BCUT2D eigenvalue weighted by Crippen LogP contribution is 2.40. The standard InChI is InChI=1S/C22H21N3O4S3/c1-3-32(28,29)16-10-8-15(9-11-16)23-20-12-14(2)21(31-20)22-24-18(13-30-22)17-6-4-5-7-19(17)25(26)27/h4-13,23,26-27H,3H2,1-2H3. The SMILES string of the molecule is CCS(=O)(=O)c1ccc(Nc2cc(C)c(-c3nc(-c4ccccc4N(O)O)cs3)s2)cc1. The van der Waals surface area contributed by atoms with Crippen molar-refractivity contribution in [2.45, 2.75) is 18.7 Å². The summed E-state index contributed by atoms with van der Waals surface area (Å²) in [5.41, 5.74) is 3.39. The minimum absolute atomic E-state index is 0.0716. The molecule has 4 aromatic rings. The predicted octanol–water partition coefficient (Wildman–Crippen LogP) is 5.97. The molecule has 0 spiro atoms. The molecule has 10 heteroatoms. The van der Waals surface area contributed by atoms with Crippen LogP contribution in [0, 0.1) is 6.92 Å². The van der Waals surface area contributed by atoms with Crippen molar-refractivity contribution >= 4 is 48.9 Å². The van der Waals surface area contributed by atoms with Crippen molar-refractivity contribution in [2.75, 3.05) is 16.3 Å². The van der Waals surface area contributed by atoms with E-state index in [4.69, 9.17) is 4.98 Å². The molecule has 166 valence electrons. The number of para-hydroxylation sites is 1. The first-order valence-corrected chi connectivity index (χ1v) is 13.1. The van der Waals surface area contributed by atoms with Gasteiger partial charge in [-0.05, 0) is 48.9 Å². The van der Waals surface area contributed by atoms with Gasteiger partial charge >= 0.3 is 0 Å². The average Bonchev–Trinajstić information content (AvgIpc) is 3.40. The number of hydrogen-bond donors (Lipinski definition) is 3. The van der Waals surface area contributed by atoms with E-state index >= 15 is 0 Å². The van der Waals surface area contributed by atoms with Gasteiger partial charge in [-0.15, -0.1) is 27.9 Å². The van der Waals surface area contributed by atoms with Crippen molar-refractivity contribution < 1.29 is 18.8 Å². The minimum atomic E-state index is -3.22. The number of thiophene rings is 1. The van der Waals surface area contributed by atoms with E-state index in [2.05, 4.69) is 5.32 Å². The summed E-state index contributed by atoms with van der Waals surface area (Å²) in [6.45, 7) is 3.63. The second kappa shape index (κ2) is 9.00. The molecule has 32 heavy (non-hydrogen) atoms. The van der Waals surface area contributed by atoms with Crippen LogP contribution in [0.2, 0.25) is 0 Å². The van der Waals surface area contributed by atoms with Crippen molar-refractivity contribution in [3.05, 3.63) is 65.5 Å². The van der Waals surface area contributed by atoms with Crippen LogP contribution in [-0.4, -0.2) is 29.6 Å². The quantitative estimate of drug-likeness (QED) is 0.276. The second-order valence-electron chi connectivity index (χ2n) is 7.02. The van der Waals surface area contributed by atoms with Crippen molar-refractivity contribution in [1.29, 1.82) is 0 Å². The Bertz CT molecular complexity index is 1340. The average molecular weight is 488 g/mol. The van der Waals surface area contributed by atoms with Gasteiger partial charge in [0, 0.05) is 16.6 Å². The third kappa shape index (κ3) is 4.54. The highest BCUT2D eigenvalue weighted by atomic mass is 32.2. The van der Waals surface area contributed by atoms with Crippen LogP contribution >= 0.6 is 22.7 Å². The summed E-state index contributed by atoms with van der Waals surface area (Å²) >= 11 is 3.03. The summed E-state index contributed by atoms with van der Waals surface area (Å²) in [6, 6.07) is 15.7. The first-order valence-electron chi connectivity index (χ1n) is 9.72. The monoisotopic (exact) mass is 487 g/mol. The highest BCUT2D eigenvalue weighted by Gasteiger charge is 2.16. The van der Waals surface area contributed by atoms with Crippen LogP contribution in [0.5, 0.6) is 0 Å². The van der Waals surface area contributed by atoms with Crippen LogP contribution in [0.1, 0.15) is 12.5 Å². The zero-order chi connectivity index (χ0) is 22.9. The van der Waals surface area contributed by atoms with Gasteiger partial charge in [0.2, 0.25) is 0 Å². The summed E-state index contributed by atoms with van der Waals surface area (Å²) in [5.74, 6) is 0.0716. The maximum absolute atomic E-state index is 12.0. The second-order valence-corrected chi connectivity index (χ2v) is 11.2. The van der Waals surface area contributed by atoms with Crippen LogP contribution in [0.15, 0.2) is 64.9 Å². The molecular weight excluding hydrogens is 466 g/mol. The fourth-order valence-electron chi connectivity index (χ4n) is 3.18. The Labute approximate surface area is 194 Å². The molecule has 0 aliphatic heterocycles. The van der Waals surface area contributed by atoms with E-state index in [1.807, 2.05) is 24.4 Å². The lowest BCUT2D eigenvalue weighted by Crippen LogP contribution is -2.11. The number of nitrogens with one attached hydrogen (secondary N) is 1. The number of benzene rings is 2. The van der Waals surface area contributed by atoms with Crippen molar-refractivity contribution in [3.63, 3.8) is 0 Å². The topological polar surface area (TPSA) is 103 Å². The maximum Gasteiger partial charge on any atom is 0.178 e. The lowest BCUT2D eigenvalue weighted by atomic mass is 10.1. The van der Waals surface area contributed by atoms with Gasteiger partial charge in [-0.2, -0.15) is 0 Å². The molecule has 0 unspecified atom stereocenters. The van der Waals surface area contributed by atoms with Crippen LogP contribution in [-0.2, 0) is 9.84 Å². The number of nitrogens with zero attached hydrogens (tertiary/aromatic N) is 2. The van der Waals surface area contributed by atoms with Crippen molar-refractivity contribution in [1.82, 2.24) is 4.98 Å². The van der Waals surface area contributed by atoms with Gasteiger partial charge in [0.25, 0.3) is 0 Å². The number of thiazole rings is 1. The lowest BCUT2D eigenvalue weighted by molar-refractivity contribution is 0.0294. The molecule has 0 fully saturated rings. The maximum atomic E-state index is 12.0. The third-order valence-corrected chi connectivity index (χ3v) is 8.77. The normalized spacial score (nSPS) is 11.5. The van der Waals surface area contributed by atoms with E-state index in [9.17, 15) is 18.8 Å². The van der Waals surface area contributed by atoms with Gasteiger partial charge in [0.05, 0.1) is 26.2 Å². The molecule has 2 aromatic heterocycles. The van der Waals surface area contributed by atoms with E-state index in [0.29, 0.717) is 16.2 Å². The summed E-state index contributed by atoms with van der Waals surface area (Å²) in [7, 11) is -3.22. The summed E-state index contributed by atoms with van der Waals surface area (Å²) in [5, 5.41) is 26.0. The summed E-state index contributed by atoms with van der Waals surface area (Å²) in [4.78, 5) is 6.03. The Morgan fingerprint density at radius 2 is 1.81 bits per heavy atom. The molecule has 7 nitrogen and oxygen atoms in total. The number of sulfone groups is 1. The van der Waals surface area contributed by atoms with E-state index in [1.165, 1.54) is 11.3 Å². The first kappa shape index (κ1) is 22.4. The number of anilines is 3. The fraction of sp³-hybridized carbons (Fsp3) is 0.136. The van der Waals surface area contributed by atoms with Crippen molar-refractivity contribution in [3.8, 4) is 21.1 Å². The molecule has 4 rings (SSSR count). The Hall–Kier alpha value is -2.76. The highest BCUT2D eigenvalue weighted by molar-refractivity contribution is 7.91. The first-order chi connectivity index (χ1) is 15.3. The molecule has 2 aromatic carbocycles. The molecule has 0 saturated heterocycles. The van der Waals surface area contributed by atoms with Gasteiger partial charge < -0.3 is 5.32 Å². The van der Waals surface area contributed by atoms with Gasteiger partial charge in [-0.25, -0.2) is 13.4 Å². The molecular formula is C22H21N3O4S3. The van der Waals surface area contributed by atoms with Crippen LogP contribution in [0.3, 0.4) is 0 Å². The predicted molar refractivity (Wildman–Crippen MR) is 129 cm³/mol. The molecule has 0 saturated carbocycles. The Morgan fingerprint density at radius 3 is 2.50 bits per heavy atom. The largest absolute Gasteiger partial charge is 0.347 e. The lowest BCUT2D eigenvalue weighted by Gasteiger charge is -2.11. The minimum Gasteiger partial charge on any atom is -0.347 e. The number of hydrogen-bond acceptors (Lipinski definition) is 9. The van der Waals surface area contributed by atoms with E-state index in [-0.39, 0.29) is 16.7 Å². The molecule has 0 radical (unpaired) electrons. The molecule has 2 heterocycles. The molecule has 3 N–H and O–H groups in total. The van der Waals surface area contributed by atoms with E-state index in [1.54, 1.807) is 60.7 Å². The van der Waals surface area contributed by atoms with Crippen molar-refractivity contribution in [2.24, 2.45) is 0 Å². The number of rotatable bonds is 7. The van der Waals surface area contributed by atoms with Gasteiger partial charge in [0.15, 0.2) is 9.84 Å². The Morgan fingerprint density at radius 1 is 1.09 bits per heavy atom.